The first kappa shape index (κ1) is 23.5. The number of aromatic nitrogens is 3. The number of piperidine rings is 1. The Morgan fingerprint density at radius 3 is 2.74 bits per heavy atom. The van der Waals surface area contributed by atoms with Gasteiger partial charge >= 0.3 is 0 Å². The molecule has 184 valence electrons. The van der Waals surface area contributed by atoms with E-state index in [1.54, 1.807) is 12.3 Å². The van der Waals surface area contributed by atoms with Crippen molar-refractivity contribution < 1.29 is 9.90 Å². The topological polar surface area (TPSA) is 121 Å². The predicted octanol–water partition coefficient (Wildman–Crippen LogP) is 1.99. The Hall–Kier alpha value is -3.27. The maximum atomic E-state index is 13.1. The van der Waals surface area contributed by atoms with E-state index in [1.807, 2.05) is 47.4 Å². The van der Waals surface area contributed by atoms with E-state index < -0.39 is 0 Å². The molecule has 5 rings (SSSR count). The highest BCUT2D eigenvalue weighted by Crippen LogP contribution is 2.27. The van der Waals surface area contributed by atoms with Crippen LogP contribution in [0, 0.1) is 0 Å². The average Bonchev–Trinajstić information content (AvgIpc) is 3.56. The van der Waals surface area contributed by atoms with Crippen molar-refractivity contribution >= 4 is 11.7 Å². The van der Waals surface area contributed by atoms with Gasteiger partial charge in [0.2, 0.25) is 0 Å². The Kier molecular flexibility index (Phi) is 7.08. The summed E-state index contributed by atoms with van der Waals surface area (Å²) in [6.45, 7) is 3.50. The molecule has 4 heterocycles. The van der Waals surface area contributed by atoms with Gasteiger partial charge in [-0.25, -0.2) is 4.98 Å². The van der Waals surface area contributed by atoms with Crippen LogP contribution in [-0.2, 0) is 0 Å². The van der Waals surface area contributed by atoms with E-state index in [4.69, 9.17) is 5.73 Å². The molecule has 0 saturated carbocycles. The molecule has 0 radical (unpaired) electrons. The number of nitrogens with two attached hydrogens (primary N) is 1. The largest absolute Gasteiger partial charge is 0.394 e. The summed E-state index contributed by atoms with van der Waals surface area (Å²) in [6.07, 6.45) is 8.45. The minimum Gasteiger partial charge on any atom is -0.394 e. The number of anilines is 1. The number of likely N-dealkylation sites (tertiary alicyclic amines) is 1. The second kappa shape index (κ2) is 10.6. The summed E-state index contributed by atoms with van der Waals surface area (Å²) in [5.74, 6) is -0.0147. The van der Waals surface area contributed by atoms with E-state index in [0.717, 1.165) is 55.6 Å². The van der Waals surface area contributed by atoms with Gasteiger partial charge in [-0.1, -0.05) is 30.3 Å². The molecule has 3 aromatic rings. The SMILES string of the molecule is Nc1ncc(-c2cnn(C3CCNCC3)c2)cc1C(=O)N[C@@H]1CCN(C(CO)c2ccccc2)C1. The molecule has 0 spiro atoms. The molecule has 5 N–H and O–H groups in total. The van der Waals surface area contributed by atoms with Crippen molar-refractivity contribution in [2.24, 2.45) is 0 Å². The van der Waals surface area contributed by atoms with E-state index in [0.29, 0.717) is 18.2 Å². The zero-order chi connectivity index (χ0) is 24.2. The zero-order valence-corrected chi connectivity index (χ0v) is 19.8. The summed E-state index contributed by atoms with van der Waals surface area (Å²) in [5, 5.41) is 21.0. The number of hydrogen-bond donors (Lipinski definition) is 4. The van der Waals surface area contributed by atoms with Crippen molar-refractivity contribution in [1.29, 1.82) is 0 Å². The standard InChI is InChI=1S/C26H33N7O2/c27-25-23(12-19(13-29-25)20-14-30-33(15-20)22-6-9-28-10-7-22)26(35)31-21-8-11-32(16-21)24(17-34)18-4-2-1-3-5-18/h1-5,12-15,21-22,24,28,34H,6-11,16-17H2,(H2,27,29)(H,31,35)/t21-,24?/m1/s1. The van der Waals surface area contributed by atoms with Crippen molar-refractivity contribution in [2.75, 3.05) is 38.5 Å². The molecule has 9 heteroatoms. The molecule has 2 aromatic heterocycles. The number of nitrogens with zero attached hydrogens (tertiary/aromatic N) is 4. The third-order valence-electron chi connectivity index (χ3n) is 7.13. The molecule has 1 aromatic carbocycles. The van der Waals surface area contributed by atoms with Crippen LogP contribution < -0.4 is 16.4 Å². The third kappa shape index (κ3) is 5.22. The normalized spacial score (nSPS) is 20.1. The number of carbonyl (C=O) groups excluding carboxylic acids is 1. The Bertz CT molecular complexity index is 1140. The fourth-order valence-electron chi connectivity index (χ4n) is 5.13. The van der Waals surface area contributed by atoms with Gasteiger partial charge in [-0.2, -0.15) is 5.10 Å². The number of nitrogen functional groups attached to an aromatic ring is 1. The van der Waals surface area contributed by atoms with E-state index in [9.17, 15) is 9.90 Å². The molecule has 1 amide bonds. The molecule has 2 aliphatic rings. The number of aliphatic hydroxyl groups excluding tert-OH is 1. The molecule has 2 atom stereocenters. The van der Waals surface area contributed by atoms with Gasteiger partial charge in [0.1, 0.15) is 5.82 Å². The van der Waals surface area contributed by atoms with Gasteiger partial charge in [0.05, 0.1) is 30.5 Å². The molecule has 35 heavy (non-hydrogen) atoms. The highest BCUT2D eigenvalue weighted by Gasteiger charge is 2.30. The summed E-state index contributed by atoms with van der Waals surface area (Å²) in [6, 6.07) is 12.1. The summed E-state index contributed by atoms with van der Waals surface area (Å²) in [4.78, 5) is 19.7. The van der Waals surface area contributed by atoms with Crippen LogP contribution in [0.5, 0.6) is 0 Å². The minimum atomic E-state index is -0.227. The van der Waals surface area contributed by atoms with Crippen LogP contribution in [0.1, 0.15) is 47.3 Å². The van der Waals surface area contributed by atoms with Crippen LogP contribution in [-0.4, -0.2) is 69.5 Å². The van der Waals surface area contributed by atoms with E-state index >= 15 is 0 Å². The lowest BCUT2D eigenvalue weighted by molar-refractivity contribution is 0.0933. The molecule has 2 saturated heterocycles. The van der Waals surface area contributed by atoms with Crippen LogP contribution in [0.25, 0.3) is 11.1 Å². The Morgan fingerprint density at radius 2 is 1.97 bits per heavy atom. The Morgan fingerprint density at radius 1 is 1.17 bits per heavy atom. The first-order chi connectivity index (χ1) is 17.1. The summed E-state index contributed by atoms with van der Waals surface area (Å²) in [5.41, 5.74) is 9.29. The molecule has 2 fully saturated rings. The molecule has 0 aliphatic carbocycles. The van der Waals surface area contributed by atoms with Gasteiger partial charge in [0.25, 0.3) is 5.91 Å². The Balaban J connectivity index is 1.26. The number of pyridine rings is 1. The molecule has 1 unspecified atom stereocenters. The average molecular weight is 476 g/mol. The number of benzene rings is 1. The number of carbonyl (C=O) groups is 1. The fourth-order valence-corrected chi connectivity index (χ4v) is 5.13. The van der Waals surface area contributed by atoms with Gasteiger partial charge in [-0.05, 0) is 44.0 Å². The van der Waals surface area contributed by atoms with E-state index in [1.165, 1.54) is 0 Å². The number of aliphatic hydroxyl groups is 1. The maximum absolute atomic E-state index is 13.1. The van der Waals surface area contributed by atoms with Gasteiger partial charge in [-0.15, -0.1) is 0 Å². The maximum Gasteiger partial charge on any atom is 0.255 e. The first-order valence-electron chi connectivity index (χ1n) is 12.3. The van der Waals surface area contributed by atoms with Gasteiger partial charge < -0.3 is 21.5 Å². The number of hydrogen-bond acceptors (Lipinski definition) is 7. The zero-order valence-electron chi connectivity index (χ0n) is 19.8. The summed E-state index contributed by atoms with van der Waals surface area (Å²) < 4.78 is 2.02. The van der Waals surface area contributed by atoms with E-state index in [-0.39, 0.29) is 30.4 Å². The molecule has 9 nitrogen and oxygen atoms in total. The lowest BCUT2D eigenvalue weighted by atomic mass is 10.1. The lowest BCUT2D eigenvalue weighted by Crippen LogP contribution is -2.38. The highest BCUT2D eigenvalue weighted by molar-refractivity contribution is 5.99. The van der Waals surface area contributed by atoms with Crippen molar-refractivity contribution in [2.45, 2.75) is 37.4 Å². The predicted molar refractivity (Wildman–Crippen MR) is 135 cm³/mol. The second-order valence-electron chi connectivity index (χ2n) is 9.41. The molecular weight excluding hydrogens is 442 g/mol. The smallest absolute Gasteiger partial charge is 0.255 e. The van der Waals surface area contributed by atoms with Crippen LogP contribution >= 0.6 is 0 Å². The van der Waals surface area contributed by atoms with Crippen molar-refractivity contribution in [3.63, 3.8) is 0 Å². The second-order valence-corrected chi connectivity index (χ2v) is 9.41. The summed E-state index contributed by atoms with van der Waals surface area (Å²) in [7, 11) is 0. The van der Waals surface area contributed by atoms with Crippen LogP contribution in [0.2, 0.25) is 0 Å². The van der Waals surface area contributed by atoms with Crippen molar-refractivity contribution in [3.8, 4) is 11.1 Å². The van der Waals surface area contributed by atoms with Gasteiger partial charge in [0.15, 0.2) is 0 Å². The molecular formula is C26H33N7O2. The Labute approximate surface area is 205 Å². The first-order valence-corrected chi connectivity index (χ1v) is 12.3. The number of amides is 1. The number of nitrogens with one attached hydrogen (secondary N) is 2. The summed E-state index contributed by atoms with van der Waals surface area (Å²) >= 11 is 0. The van der Waals surface area contributed by atoms with Gasteiger partial charge in [-0.3, -0.25) is 14.4 Å². The minimum absolute atomic E-state index is 0.0222. The van der Waals surface area contributed by atoms with Gasteiger partial charge in [0, 0.05) is 42.7 Å². The monoisotopic (exact) mass is 475 g/mol. The fraction of sp³-hybridized carbons (Fsp3) is 0.423. The van der Waals surface area contributed by atoms with E-state index in [2.05, 4.69) is 25.6 Å². The third-order valence-corrected chi connectivity index (χ3v) is 7.13. The highest BCUT2D eigenvalue weighted by atomic mass is 16.3. The van der Waals surface area contributed by atoms with Crippen LogP contribution in [0.3, 0.4) is 0 Å². The lowest BCUT2D eigenvalue weighted by Gasteiger charge is -2.26. The van der Waals surface area contributed by atoms with Crippen LogP contribution in [0.4, 0.5) is 5.82 Å². The van der Waals surface area contributed by atoms with Crippen molar-refractivity contribution in [3.05, 3.63) is 66.1 Å². The quantitative estimate of drug-likeness (QED) is 0.412. The molecule has 2 aliphatic heterocycles. The van der Waals surface area contributed by atoms with Crippen molar-refractivity contribution in [1.82, 2.24) is 30.3 Å². The number of rotatable bonds is 7. The van der Waals surface area contributed by atoms with Crippen LogP contribution in [0.15, 0.2) is 55.0 Å². The molecule has 0 bridgehead atoms.